The Morgan fingerprint density at radius 3 is 2.77 bits per heavy atom. The molecular weight excluding hydrogens is 408 g/mol. The smallest absolute Gasteiger partial charge is 0.345 e. The van der Waals surface area contributed by atoms with Gasteiger partial charge in [0.25, 0.3) is 5.91 Å². The fourth-order valence-electron chi connectivity index (χ4n) is 3.35. The second-order valence-corrected chi connectivity index (χ2v) is 8.95. The summed E-state index contributed by atoms with van der Waals surface area (Å²) in [6.45, 7) is 6.33. The lowest BCUT2D eigenvalue weighted by atomic mass is 9.92. The lowest BCUT2D eigenvalue weighted by Gasteiger charge is -2.22. The fourth-order valence-corrected chi connectivity index (χ4v) is 4.24. The highest BCUT2D eigenvalue weighted by Crippen LogP contribution is 2.35. The first-order chi connectivity index (χ1) is 14.2. The number of thiophene rings is 1. The van der Waals surface area contributed by atoms with Gasteiger partial charge in [-0.2, -0.15) is 8.78 Å². The molecule has 2 rings (SSSR count). The van der Waals surface area contributed by atoms with Crippen molar-refractivity contribution in [2.24, 2.45) is 11.8 Å². The molecule has 4 nitrogen and oxygen atoms in total. The maximum absolute atomic E-state index is 14.1. The first-order valence-electron chi connectivity index (χ1n) is 10.3. The van der Waals surface area contributed by atoms with Gasteiger partial charge < -0.3 is 10.0 Å². The van der Waals surface area contributed by atoms with E-state index in [1.807, 2.05) is 19.9 Å². The van der Waals surface area contributed by atoms with Crippen LogP contribution in [0.3, 0.4) is 0 Å². The first-order valence-corrected chi connectivity index (χ1v) is 11.1. The number of aromatic carboxylic acids is 1. The minimum atomic E-state index is -3.34. The summed E-state index contributed by atoms with van der Waals surface area (Å²) in [4.78, 5) is 25.5. The molecule has 0 saturated carbocycles. The molecular formula is C23H29F2NO3S. The van der Waals surface area contributed by atoms with E-state index in [0.29, 0.717) is 18.8 Å². The molecule has 1 aromatic rings. The number of rotatable bonds is 9. The number of alkyl halides is 2. The van der Waals surface area contributed by atoms with Crippen LogP contribution in [-0.4, -0.2) is 40.4 Å². The zero-order chi connectivity index (χ0) is 22.3. The zero-order valence-electron chi connectivity index (χ0n) is 17.7. The molecule has 2 heterocycles. The summed E-state index contributed by atoms with van der Waals surface area (Å²) < 4.78 is 28.1. The Labute approximate surface area is 181 Å². The third-order valence-corrected chi connectivity index (χ3v) is 6.53. The van der Waals surface area contributed by atoms with Gasteiger partial charge in [0.15, 0.2) is 0 Å². The molecule has 1 N–H and O–H groups in total. The van der Waals surface area contributed by atoms with Crippen molar-refractivity contribution in [3.63, 3.8) is 0 Å². The Morgan fingerprint density at radius 2 is 2.13 bits per heavy atom. The largest absolute Gasteiger partial charge is 0.477 e. The van der Waals surface area contributed by atoms with Crippen LogP contribution in [0.2, 0.25) is 0 Å². The van der Waals surface area contributed by atoms with E-state index >= 15 is 0 Å². The number of carbonyl (C=O) groups is 2. The molecule has 1 saturated heterocycles. The van der Waals surface area contributed by atoms with E-state index < -0.39 is 30.3 Å². The van der Waals surface area contributed by atoms with Crippen molar-refractivity contribution >= 4 is 23.2 Å². The Kier molecular flexibility index (Phi) is 8.60. The summed E-state index contributed by atoms with van der Waals surface area (Å²) in [5.74, 6) is 1.20. The van der Waals surface area contributed by atoms with E-state index in [2.05, 4.69) is 18.8 Å². The van der Waals surface area contributed by atoms with Crippen LogP contribution in [0.4, 0.5) is 8.78 Å². The van der Waals surface area contributed by atoms with Crippen molar-refractivity contribution in [3.8, 4) is 11.8 Å². The number of carbonyl (C=O) groups excluding carboxylic acids is 1. The lowest BCUT2D eigenvalue weighted by Crippen LogP contribution is -2.36. The van der Waals surface area contributed by atoms with Gasteiger partial charge >= 0.3 is 11.9 Å². The molecule has 1 aliphatic rings. The number of likely N-dealkylation sites (tertiary alicyclic amines) is 1. The maximum Gasteiger partial charge on any atom is 0.345 e. The second kappa shape index (κ2) is 10.7. The number of hydrogen-bond donors (Lipinski definition) is 1. The van der Waals surface area contributed by atoms with Gasteiger partial charge in [-0.25, -0.2) is 4.79 Å². The molecule has 30 heavy (non-hydrogen) atoms. The predicted molar refractivity (Wildman–Crippen MR) is 115 cm³/mol. The molecule has 0 aliphatic carbocycles. The number of carboxylic acid groups (broad SMARTS) is 1. The van der Waals surface area contributed by atoms with Gasteiger partial charge in [-0.05, 0) is 36.8 Å². The van der Waals surface area contributed by atoms with Gasteiger partial charge in [0.1, 0.15) is 4.88 Å². The van der Waals surface area contributed by atoms with Crippen LogP contribution in [0.1, 0.15) is 61.0 Å². The summed E-state index contributed by atoms with van der Waals surface area (Å²) in [6.07, 6.45) is 5.78. The number of halogens is 2. The van der Waals surface area contributed by atoms with E-state index in [4.69, 9.17) is 5.11 Å². The Morgan fingerprint density at radius 1 is 1.40 bits per heavy atom. The van der Waals surface area contributed by atoms with Crippen LogP contribution < -0.4 is 0 Å². The van der Waals surface area contributed by atoms with Gasteiger partial charge in [-0.3, -0.25) is 4.79 Å². The van der Waals surface area contributed by atoms with Gasteiger partial charge in [-0.15, -0.1) is 23.2 Å². The van der Waals surface area contributed by atoms with Crippen molar-refractivity contribution in [3.05, 3.63) is 34.0 Å². The topological polar surface area (TPSA) is 57.6 Å². The maximum atomic E-state index is 14.1. The molecule has 1 fully saturated rings. The Hall–Kier alpha value is -2.20. The van der Waals surface area contributed by atoms with Crippen molar-refractivity contribution in [1.29, 1.82) is 0 Å². The third kappa shape index (κ3) is 6.40. The average Bonchev–Trinajstić information content (AvgIpc) is 3.24. The van der Waals surface area contributed by atoms with E-state index in [1.165, 1.54) is 22.3 Å². The SMILES string of the molecule is CCC#CCC(C)C(C)/C=C/C1CC(F)(F)C(=O)N1CCCc1ccc(C(=O)O)s1. The number of aryl methyl sites for hydroxylation is 1. The standard InChI is InChI=1S/C23H29F2NO3S/c1-4-5-6-8-16(2)17(3)10-11-18-15-23(24,25)22(29)26(18)14-7-9-19-12-13-20(30-19)21(27)28/h10-13,16-18H,4,7-9,14-15H2,1-3H3,(H,27,28)/b11-10+. The fraction of sp³-hybridized carbons (Fsp3) is 0.565. The summed E-state index contributed by atoms with van der Waals surface area (Å²) in [5, 5.41) is 8.99. The molecule has 1 amide bonds. The highest BCUT2D eigenvalue weighted by molar-refractivity contribution is 7.13. The highest BCUT2D eigenvalue weighted by Gasteiger charge is 2.52. The molecule has 3 atom stereocenters. The quantitative estimate of drug-likeness (QED) is 0.424. The monoisotopic (exact) mass is 437 g/mol. The Balaban J connectivity index is 1.97. The van der Waals surface area contributed by atoms with Crippen molar-refractivity contribution in [2.75, 3.05) is 6.54 Å². The van der Waals surface area contributed by atoms with Gasteiger partial charge in [0, 0.05) is 30.7 Å². The van der Waals surface area contributed by atoms with Crippen LogP contribution in [0.5, 0.6) is 0 Å². The summed E-state index contributed by atoms with van der Waals surface area (Å²) in [6, 6.07) is 2.65. The van der Waals surface area contributed by atoms with Gasteiger partial charge in [0.2, 0.25) is 0 Å². The molecule has 3 unspecified atom stereocenters. The van der Waals surface area contributed by atoms with E-state index in [1.54, 1.807) is 12.1 Å². The molecule has 164 valence electrons. The van der Waals surface area contributed by atoms with Crippen molar-refractivity contribution in [1.82, 2.24) is 4.90 Å². The second-order valence-electron chi connectivity index (χ2n) is 7.78. The number of carboxylic acids is 1. The van der Waals surface area contributed by atoms with Crippen molar-refractivity contribution in [2.45, 2.75) is 64.8 Å². The van der Waals surface area contributed by atoms with Crippen LogP contribution in [-0.2, 0) is 11.2 Å². The van der Waals surface area contributed by atoms with E-state index in [9.17, 15) is 18.4 Å². The van der Waals surface area contributed by atoms with Crippen LogP contribution in [0.25, 0.3) is 0 Å². The van der Waals surface area contributed by atoms with Crippen LogP contribution >= 0.6 is 11.3 Å². The number of amides is 1. The summed E-state index contributed by atoms with van der Waals surface area (Å²) in [5.41, 5.74) is 0. The molecule has 0 spiro atoms. The van der Waals surface area contributed by atoms with Gasteiger partial charge in [-0.1, -0.05) is 32.9 Å². The minimum Gasteiger partial charge on any atom is -0.477 e. The number of hydrogen-bond acceptors (Lipinski definition) is 3. The number of allylic oxidation sites excluding steroid dienone is 1. The first kappa shape index (κ1) is 24.1. The molecule has 7 heteroatoms. The van der Waals surface area contributed by atoms with E-state index in [-0.39, 0.29) is 17.3 Å². The molecule has 0 bridgehead atoms. The third-order valence-electron chi connectivity index (χ3n) is 5.39. The van der Waals surface area contributed by atoms with Crippen LogP contribution in [0.15, 0.2) is 24.3 Å². The zero-order valence-corrected chi connectivity index (χ0v) is 18.5. The average molecular weight is 438 g/mol. The normalized spacial score (nSPS) is 20.2. The van der Waals surface area contributed by atoms with E-state index in [0.717, 1.165) is 17.7 Å². The summed E-state index contributed by atoms with van der Waals surface area (Å²) >= 11 is 1.17. The predicted octanol–water partition coefficient (Wildman–Crippen LogP) is 5.25. The number of nitrogens with zero attached hydrogens (tertiary/aromatic N) is 1. The molecule has 1 aromatic heterocycles. The van der Waals surface area contributed by atoms with Crippen LogP contribution in [0, 0.1) is 23.7 Å². The van der Waals surface area contributed by atoms with Crippen molar-refractivity contribution < 1.29 is 23.5 Å². The highest BCUT2D eigenvalue weighted by atomic mass is 32.1. The molecule has 1 aliphatic heterocycles. The van der Waals surface area contributed by atoms with Gasteiger partial charge in [0.05, 0.1) is 6.04 Å². The molecule has 0 aromatic carbocycles. The summed E-state index contributed by atoms with van der Waals surface area (Å²) in [7, 11) is 0. The minimum absolute atomic E-state index is 0.169. The Bertz CT molecular complexity index is 837. The lowest BCUT2D eigenvalue weighted by molar-refractivity contribution is -0.148. The molecule has 0 radical (unpaired) electrons.